The van der Waals surface area contributed by atoms with Crippen molar-refractivity contribution in [2.75, 3.05) is 13.2 Å². The van der Waals surface area contributed by atoms with Crippen LogP contribution in [-0.4, -0.2) is 34.1 Å². The van der Waals surface area contributed by atoms with Gasteiger partial charge in [-0.15, -0.1) is 0 Å². The molecule has 0 amide bonds. The number of aromatic nitrogens is 2. The van der Waals surface area contributed by atoms with Gasteiger partial charge in [0, 0.05) is 7.05 Å². The highest BCUT2D eigenvalue weighted by Gasteiger charge is 2.12. The van der Waals surface area contributed by atoms with E-state index in [1.165, 1.54) is 6.07 Å². The topological polar surface area (TPSA) is 73.6 Å². The highest BCUT2D eigenvalue weighted by atomic mass is 16.5. The summed E-state index contributed by atoms with van der Waals surface area (Å²) < 4.78 is 12.9. The second-order valence-electron chi connectivity index (χ2n) is 4.62. The normalized spacial score (nSPS) is 10.4. The molecule has 0 unspecified atom stereocenters. The van der Waals surface area contributed by atoms with Crippen LogP contribution in [0.25, 0.3) is 0 Å². The Morgan fingerprint density at radius 3 is 2.52 bits per heavy atom. The number of carboxylic acids is 1. The minimum atomic E-state index is -1.01. The van der Waals surface area contributed by atoms with Crippen molar-refractivity contribution in [1.82, 2.24) is 9.78 Å². The molecule has 0 aliphatic rings. The first kappa shape index (κ1) is 14.9. The van der Waals surface area contributed by atoms with Crippen LogP contribution in [0, 0.1) is 13.8 Å². The highest BCUT2D eigenvalue weighted by Crippen LogP contribution is 2.21. The lowest BCUT2D eigenvalue weighted by Crippen LogP contribution is -2.11. The summed E-state index contributed by atoms with van der Waals surface area (Å²) in [5, 5.41) is 13.3. The Labute approximate surface area is 122 Å². The van der Waals surface area contributed by atoms with E-state index in [0.717, 1.165) is 17.1 Å². The van der Waals surface area contributed by atoms with Crippen molar-refractivity contribution in [3.63, 3.8) is 0 Å². The van der Waals surface area contributed by atoms with Crippen molar-refractivity contribution >= 4 is 5.97 Å². The van der Waals surface area contributed by atoms with Gasteiger partial charge >= 0.3 is 5.97 Å². The second kappa shape index (κ2) is 6.30. The number of carboxylic acid groups (broad SMARTS) is 1. The molecule has 0 saturated carbocycles. The van der Waals surface area contributed by atoms with Crippen LogP contribution in [-0.2, 0) is 7.05 Å². The van der Waals surface area contributed by atoms with Gasteiger partial charge in [0.1, 0.15) is 30.2 Å². The first-order chi connectivity index (χ1) is 10.0. The molecule has 0 spiro atoms. The minimum Gasteiger partial charge on any atom is -0.489 e. The molecule has 0 atom stereocenters. The van der Waals surface area contributed by atoms with Gasteiger partial charge in [-0.3, -0.25) is 4.68 Å². The molecular weight excluding hydrogens is 272 g/mol. The van der Waals surface area contributed by atoms with E-state index in [1.54, 1.807) is 22.9 Å². The van der Waals surface area contributed by atoms with E-state index < -0.39 is 5.97 Å². The number of nitrogens with zero attached hydrogens (tertiary/aromatic N) is 2. The summed E-state index contributed by atoms with van der Waals surface area (Å²) >= 11 is 0. The number of aryl methyl sites for hydroxylation is 2. The van der Waals surface area contributed by atoms with Crippen molar-refractivity contribution in [3.05, 3.63) is 41.2 Å². The molecule has 2 rings (SSSR count). The average Bonchev–Trinajstić information content (AvgIpc) is 2.69. The molecule has 0 bridgehead atoms. The van der Waals surface area contributed by atoms with Crippen molar-refractivity contribution in [3.8, 4) is 11.5 Å². The SMILES string of the molecule is Cc1nn(C)c(C)c1OCCOc1ccccc1C(=O)O. The molecule has 6 heteroatoms. The van der Waals surface area contributed by atoms with E-state index in [1.807, 2.05) is 20.9 Å². The third-order valence-electron chi connectivity index (χ3n) is 3.15. The summed E-state index contributed by atoms with van der Waals surface area (Å²) in [6, 6.07) is 6.53. The number of benzene rings is 1. The molecule has 1 aromatic carbocycles. The zero-order valence-corrected chi connectivity index (χ0v) is 12.3. The number of para-hydroxylation sites is 1. The van der Waals surface area contributed by atoms with Gasteiger partial charge in [0.05, 0.1) is 5.69 Å². The monoisotopic (exact) mass is 290 g/mol. The van der Waals surface area contributed by atoms with Crippen LogP contribution in [0.1, 0.15) is 21.7 Å². The van der Waals surface area contributed by atoms with Crippen molar-refractivity contribution in [2.45, 2.75) is 13.8 Å². The maximum absolute atomic E-state index is 11.0. The highest BCUT2D eigenvalue weighted by molar-refractivity contribution is 5.90. The fourth-order valence-corrected chi connectivity index (χ4v) is 2.03. The Morgan fingerprint density at radius 1 is 1.24 bits per heavy atom. The van der Waals surface area contributed by atoms with Gasteiger partial charge in [-0.2, -0.15) is 5.10 Å². The predicted molar refractivity (Wildman–Crippen MR) is 77.1 cm³/mol. The Morgan fingerprint density at radius 2 is 1.90 bits per heavy atom. The maximum Gasteiger partial charge on any atom is 0.339 e. The van der Waals surface area contributed by atoms with Gasteiger partial charge in [0.2, 0.25) is 0 Å². The van der Waals surface area contributed by atoms with E-state index in [9.17, 15) is 4.79 Å². The molecule has 0 radical (unpaired) electrons. The summed E-state index contributed by atoms with van der Waals surface area (Å²) in [6.07, 6.45) is 0. The van der Waals surface area contributed by atoms with Gasteiger partial charge in [0.25, 0.3) is 0 Å². The van der Waals surface area contributed by atoms with E-state index in [-0.39, 0.29) is 12.2 Å². The molecular formula is C15H18N2O4. The number of carbonyl (C=O) groups is 1. The Hall–Kier alpha value is -2.50. The molecule has 1 aromatic heterocycles. The van der Waals surface area contributed by atoms with Crippen LogP contribution in [0.15, 0.2) is 24.3 Å². The predicted octanol–water partition coefficient (Wildman–Crippen LogP) is 2.19. The van der Waals surface area contributed by atoms with E-state index in [2.05, 4.69) is 5.10 Å². The fraction of sp³-hybridized carbons (Fsp3) is 0.333. The van der Waals surface area contributed by atoms with E-state index in [0.29, 0.717) is 12.4 Å². The lowest BCUT2D eigenvalue weighted by atomic mass is 10.2. The zero-order valence-electron chi connectivity index (χ0n) is 12.3. The average molecular weight is 290 g/mol. The summed E-state index contributed by atoms with van der Waals surface area (Å²) in [4.78, 5) is 11.0. The lowest BCUT2D eigenvalue weighted by molar-refractivity contribution is 0.0691. The molecule has 112 valence electrons. The minimum absolute atomic E-state index is 0.145. The molecule has 0 saturated heterocycles. The zero-order chi connectivity index (χ0) is 15.4. The smallest absolute Gasteiger partial charge is 0.339 e. The number of hydrogen-bond donors (Lipinski definition) is 1. The molecule has 21 heavy (non-hydrogen) atoms. The van der Waals surface area contributed by atoms with Gasteiger partial charge < -0.3 is 14.6 Å². The van der Waals surface area contributed by atoms with Crippen LogP contribution in [0.4, 0.5) is 0 Å². The standard InChI is InChI=1S/C15H18N2O4/c1-10-14(11(2)17(3)16-10)21-9-8-20-13-7-5-4-6-12(13)15(18)19/h4-7H,8-9H2,1-3H3,(H,18,19). The molecule has 0 aliphatic heterocycles. The van der Waals surface area contributed by atoms with Crippen molar-refractivity contribution < 1.29 is 19.4 Å². The number of ether oxygens (including phenoxy) is 2. The summed E-state index contributed by atoms with van der Waals surface area (Å²) in [5.74, 6) is 0.0753. The third kappa shape index (κ3) is 3.34. The van der Waals surface area contributed by atoms with Crippen molar-refractivity contribution in [2.24, 2.45) is 7.05 Å². The van der Waals surface area contributed by atoms with E-state index in [4.69, 9.17) is 14.6 Å². The molecule has 0 aliphatic carbocycles. The van der Waals surface area contributed by atoms with Crippen molar-refractivity contribution in [1.29, 1.82) is 0 Å². The van der Waals surface area contributed by atoms with Crippen LogP contribution >= 0.6 is 0 Å². The Balaban J connectivity index is 1.92. The summed E-state index contributed by atoms with van der Waals surface area (Å²) in [5.41, 5.74) is 1.91. The molecule has 0 fully saturated rings. The lowest BCUT2D eigenvalue weighted by Gasteiger charge is -2.10. The largest absolute Gasteiger partial charge is 0.489 e. The van der Waals surface area contributed by atoms with Gasteiger partial charge in [-0.1, -0.05) is 12.1 Å². The maximum atomic E-state index is 11.0. The Kier molecular flexibility index (Phi) is 4.47. The van der Waals surface area contributed by atoms with Crippen LogP contribution in [0.2, 0.25) is 0 Å². The van der Waals surface area contributed by atoms with E-state index >= 15 is 0 Å². The molecule has 1 heterocycles. The number of rotatable bonds is 6. The first-order valence-corrected chi connectivity index (χ1v) is 6.59. The third-order valence-corrected chi connectivity index (χ3v) is 3.15. The van der Waals surface area contributed by atoms with Crippen LogP contribution in [0.5, 0.6) is 11.5 Å². The molecule has 6 nitrogen and oxygen atoms in total. The molecule has 2 aromatic rings. The van der Waals surface area contributed by atoms with Crippen LogP contribution < -0.4 is 9.47 Å². The fourth-order valence-electron chi connectivity index (χ4n) is 2.03. The number of aromatic carboxylic acids is 1. The Bertz CT molecular complexity index is 649. The summed E-state index contributed by atoms with van der Waals surface area (Å²) in [7, 11) is 1.86. The van der Waals surface area contributed by atoms with Gasteiger partial charge in [-0.25, -0.2) is 4.79 Å². The van der Waals surface area contributed by atoms with Crippen LogP contribution in [0.3, 0.4) is 0 Å². The summed E-state index contributed by atoms with van der Waals surface area (Å²) in [6.45, 7) is 4.39. The quantitative estimate of drug-likeness (QED) is 0.826. The number of hydrogen-bond acceptors (Lipinski definition) is 4. The van der Waals surface area contributed by atoms with Gasteiger partial charge in [0.15, 0.2) is 5.75 Å². The first-order valence-electron chi connectivity index (χ1n) is 6.59. The van der Waals surface area contributed by atoms with Gasteiger partial charge in [-0.05, 0) is 26.0 Å². The second-order valence-corrected chi connectivity index (χ2v) is 4.62. The molecule has 1 N–H and O–H groups in total.